The van der Waals surface area contributed by atoms with Crippen molar-refractivity contribution in [3.05, 3.63) is 11.6 Å². The fourth-order valence-electron chi connectivity index (χ4n) is 10.2. The highest BCUT2D eigenvalue weighted by atomic mass is 32.7. The lowest BCUT2D eigenvalue weighted by atomic mass is 9.42. The summed E-state index contributed by atoms with van der Waals surface area (Å²) in [6.07, 6.45) is 11.3. The van der Waals surface area contributed by atoms with E-state index in [1.165, 1.54) is 11.4 Å². The summed E-state index contributed by atoms with van der Waals surface area (Å²) < 4.78 is 28.5. The Morgan fingerprint density at radius 1 is 1.06 bits per heavy atom. The number of aliphatic hydroxyl groups excluding tert-OH is 1. The molecule has 0 aromatic heterocycles. The van der Waals surface area contributed by atoms with Crippen molar-refractivity contribution >= 4 is 41.8 Å². The second kappa shape index (κ2) is 15.7. The van der Waals surface area contributed by atoms with Crippen molar-refractivity contribution in [1.29, 1.82) is 0 Å². The summed E-state index contributed by atoms with van der Waals surface area (Å²) in [5, 5.41) is 27.1. The van der Waals surface area contributed by atoms with Gasteiger partial charge < -0.3 is 29.5 Å². The minimum Gasteiger partial charge on any atom is -0.458 e. The van der Waals surface area contributed by atoms with Gasteiger partial charge in [-0.05, 0) is 112 Å². The SMILES string of the molecule is CCOP(C)(=O)SCCSCCCCCCNC(=O)OC1CC[C@@]2(C)C(CC[C@@H]3[C@@H]2CC(O)[C@]2(C)[C@@H](C4=CC(=O)OC4)CCC32O)C1. The Morgan fingerprint density at radius 2 is 1.85 bits per heavy atom. The lowest BCUT2D eigenvalue weighted by Gasteiger charge is -2.65. The molecule has 0 aromatic rings. The maximum atomic E-state index is 12.7. The van der Waals surface area contributed by atoms with Crippen molar-refractivity contribution in [3.8, 4) is 0 Å². The Hall–Kier alpha value is -0.710. The van der Waals surface area contributed by atoms with Crippen molar-refractivity contribution in [2.24, 2.45) is 34.5 Å². The molecule has 5 unspecified atom stereocenters. The van der Waals surface area contributed by atoms with Gasteiger partial charge in [-0.1, -0.05) is 38.1 Å². The zero-order chi connectivity index (χ0) is 33.9. The number of carbonyl (C=O) groups excluding carboxylic acids is 2. The number of hydrogen-bond acceptors (Lipinski definition) is 10. The zero-order valence-corrected chi connectivity index (χ0v) is 31.4. The Kier molecular flexibility index (Phi) is 12.5. The van der Waals surface area contributed by atoms with Crippen molar-refractivity contribution in [2.75, 3.05) is 43.7 Å². The summed E-state index contributed by atoms with van der Waals surface area (Å²) >= 11 is 3.33. The minimum absolute atomic E-state index is 0.0142. The van der Waals surface area contributed by atoms with E-state index in [0.717, 1.165) is 87.0 Å². The van der Waals surface area contributed by atoms with Crippen LogP contribution in [0.5, 0.6) is 0 Å². The van der Waals surface area contributed by atoms with E-state index in [2.05, 4.69) is 12.2 Å². The first kappa shape index (κ1) is 37.5. The predicted molar refractivity (Wildman–Crippen MR) is 189 cm³/mol. The molecular weight excluding hydrogens is 657 g/mol. The molecule has 0 radical (unpaired) electrons. The third-order valence-electron chi connectivity index (χ3n) is 12.7. The molecule has 4 fully saturated rings. The van der Waals surface area contributed by atoms with Crippen LogP contribution in [-0.2, 0) is 23.4 Å². The summed E-state index contributed by atoms with van der Waals surface area (Å²) in [4.78, 5) is 24.5. The largest absolute Gasteiger partial charge is 0.458 e. The number of esters is 1. The van der Waals surface area contributed by atoms with Gasteiger partial charge in [-0.2, -0.15) is 11.8 Å². The lowest BCUT2D eigenvalue weighted by molar-refractivity contribution is -0.244. The Bertz CT molecular complexity index is 1200. The molecule has 0 aromatic carbocycles. The van der Waals surface area contributed by atoms with Gasteiger partial charge in [-0.25, -0.2) is 9.59 Å². The molecule has 4 saturated carbocycles. The molecule has 47 heavy (non-hydrogen) atoms. The van der Waals surface area contributed by atoms with E-state index in [0.29, 0.717) is 31.9 Å². The second-order valence-electron chi connectivity index (χ2n) is 15.1. The number of cyclic esters (lactones) is 1. The molecule has 1 aliphatic heterocycles. The minimum atomic E-state index is -2.49. The number of alkyl carbamates (subject to hydrolysis) is 1. The summed E-state index contributed by atoms with van der Waals surface area (Å²) in [5.41, 5.74) is -0.760. The molecule has 10 atom stereocenters. The number of carbonyl (C=O) groups is 2. The topological polar surface area (TPSA) is 131 Å². The third-order valence-corrected chi connectivity index (χ3v) is 17.9. The molecule has 5 aliphatic rings. The van der Waals surface area contributed by atoms with Crippen LogP contribution in [0, 0.1) is 34.5 Å². The first-order chi connectivity index (χ1) is 22.3. The van der Waals surface area contributed by atoms with Gasteiger partial charge in [0.2, 0.25) is 0 Å². The normalized spacial score (nSPS) is 39.2. The standard InChI is InChI=1S/C35H58NO8PS2/c1-5-43-45(4,41)47-19-18-46-17-9-7-6-8-16-36-32(39)44-26-12-14-33(2)25(21-26)10-11-28-29(33)22-30(37)34(3)27(13-15-35(28,34)40)24-20-31(38)42-23-24/h20,25-30,37,40H,5-19,21-23H2,1-4H3,(H,36,39)/t25?,26?,27-,28-,29+,30?,33+,34+,35?,45?/m1/s1. The maximum absolute atomic E-state index is 12.7. The fourth-order valence-corrected chi connectivity index (χ4v) is 14.6. The molecule has 1 amide bonds. The summed E-state index contributed by atoms with van der Waals surface area (Å²) in [6.45, 7) is 6.86. The molecule has 268 valence electrons. The van der Waals surface area contributed by atoms with Crippen LogP contribution in [0.1, 0.15) is 97.8 Å². The smallest absolute Gasteiger partial charge is 0.407 e. The van der Waals surface area contributed by atoms with Gasteiger partial charge in [0.05, 0.1) is 18.3 Å². The average Bonchev–Trinajstić information content (AvgIpc) is 3.57. The molecule has 9 nitrogen and oxygen atoms in total. The van der Waals surface area contributed by atoms with Crippen molar-refractivity contribution in [3.63, 3.8) is 0 Å². The van der Waals surface area contributed by atoms with Crippen molar-refractivity contribution < 1.29 is 38.4 Å². The molecule has 0 saturated heterocycles. The summed E-state index contributed by atoms with van der Waals surface area (Å²) in [6, 6.07) is 0. The van der Waals surface area contributed by atoms with E-state index in [9.17, 15) is 24.4 Å². The van der Waals surface area contributed by atoms with Crippen LogP contribution in [-0.4, -0.2) is 83.8 Å². The second-order valence-corrected chi connectivity index (χ2v) is 21.6. The number of thioether (sulfide) groups is 1. The van der Waals surface area contributed by atoms with E-state index in [4.69, 9.17) is 14.0 Å². The highest BCUT2D eigenvalue weighted by molar-refractivity contribution is 8.56. The highest BCUT2D eigenvalue weighted by Crippen LogP contribution is 2.70. The quantitative estimate of drug-likeness (QED) is 0.0910. The molecule has 4 aliphatic carbocycles. The van der Waals surface area contributed by atoms with Crippen LogP contribution < -0.4 is 5.32 Å². The Balaban J connectivity index is 1.01. The predicted octanol–water partition coefficient (Wildman–Crippen LogP) is 7.20. The van der Waals surface area contributed by atoms with Crippen LogP contribution in [0.3, 0.4) is 0 Å². The van der Waals surface area contributed by atoms with Crippen LogP contribution in [0.15, 0.2) is 11.6 Å². The number of rotatable bonds is 15. The van der Waals surface area contributed by atoms with Crippen LogP contribution in [0.4, 0.5) is 4.79 Å². The number of nitrogens with one attached hydrogen (secondary N) is 1. The van der Waals surface area contributed by atoms with Crippen LogP contribution in [0.25, 0.3) is 0 Å². The number of hydrogen-bond donors (Lipinski definition) is 3. The fraction of sp³-hybridized carbons (Fsp3) is 0.886. The van der Waals surface area contributed by atoms with E-state index in [-0.39, 0.29) is 47.9 Å². The van der Waals surface area contributed by atoms with Crippen LogP contribution >= 0.6 is 29.7 Å². The van der Waals surface area contributed by atoms with E-state index in [1.54, 1.807) is 12.7 Å². The zero-order valence-electron chi connectivity index (χ0n) is 28.9. The van der Waals surface area contributed by atoms with Gasteiger partial charge in [-0.3, -0.25) is 4.57 Å². The lowest BCUT2D eigenvalue weighted by Crippen LogP contribution is -2.67. The first-order valence-corrected chi connectivity index (χ1v) is 22.8. The summed E-state index contributed by atoms with van der Waals surface area (Å²) in [7, 11) is 0. The molecule has 5 rings (SSSR count). The van der Waals surface area contributed by atoms with E-state index < -0.39 is 23.7 Å². The number of unbranched alkanes of at least 4 members (excludes halogenated alkanes) is 3. The molecule has 1 heterocycles. The summed E-state index contributed by atoms with van der Waals surface area (Å²) in [5.74, 6) is 3.27. The van der Waals surface area contributed by atoms with E-state index >= 15 is 0 Å². The van der Waals surface area contributed by atoms with Gasteiger partial charge >= 0.3 is 12.1 Å². The molecule has 3 N–H and O–H groups in total. The number of ether oxygens (including phenoxy) is 2. The number of amides is 1. The molecule has 0 spiro atoms. The monoisotopic (exact) mass is 715 g/mol. The Labute approximate surface area is 290 Å². The third kappa shape index (κ3) is 7.96. The van der Waals surface area contributed by atoms with Crippen LogP contribution in [0.2, 0.25) is 0 Å². The Morgan fingerprint density at radius 3 is 2.60 bits per heavy atom. The van der Waals surface area contributed by atoms with Gasteiger partial charge in [-0.15, -0.1) is 0 Å². The first-order valence-electron chi connectivity index (χ1n) is 18.0. The molecule has 0 bridgehead atoms. The average molecular weight is 716 g/mol. The van der Waals surface area contributed by atoms with Gasteiger partial charge in [0, 0.05) is 36.2 Å². The van der Waals surface area contributed by atoms with Crippen molar-refractivity contribution in [1.82, 2.24) is 5.32 Å². The molecule has 12 heteroatoms. The van der Waals surface area contributed by atoms with Crippen molar-refractivity contribution in [2.45, 2.75) is 116 Å². The van der Waals surface area contributed by atoms with E-state index in [1.807, 2.05) is 25.6 Å². The number of fused-ring (bicyclic) bond motifs is 5. The maximum Gasteiger partial charge on any atom is 0.407 e. The molecular formula is C35H58NO8PS2. The van der Waals surface area contributed by atoms with Gasteiger partial charge in [0.25, 0.3) is 6.57 Å². The number of aliphatic hydroxyl groups is 2. The van der Waals surface area contributed by atoms with Gasteiger partial charge in [0.15, 0.2) is 0 Å². The highest BCUT2D eigenvalue weighted by Gasteiger charge is 2.70. The van der Waals surface area contributed by atoms with Gasteiger partial charge in [0.1, 0.15) is 12.7 Å².